The summed E-state index contributed by atoms with van der Waals surface area (Å²) in [7, 11) is -2.51. The quantitative estimate of drug-likeness (QED) is 0.155. The Kier molecular flexibility index (Phi) is 12.0. The molecule has 5 amide bonds. The summed E-state index contributed by atoms with van der Waals surface area (Å²) in [6.07, 6.45) is 8.45. The lowest BCUT2D eigenvalue weighted by Gasteiger charge is -2.43. The van der Waals surface area contributed by atoms with Crippen LogP contribution in [0.5, 0.6) is 0 Å². The Hall–Kier alpha value is -3.85. The monoisotopic (exact) mass is 769 g/mol. The number of sulfonamides is 1. The van der Waals surface area contributed by atoms with Crippen LogP contribution in [0, 0.1) is 34.0 Å². The van der Waals surface area contributed by atoms with Gasteiger partial charge in [-0.1, -0.05) is 72.9 Å². The van der Waals surface area contributed by atoms with Crippen LogP contribution >= 0.6 is 0 Å². The number of hydrogen-bond donors (Lipinski definition) is 4. The van der Waals surface area contributed by atoms with Crippen LogP contribution in [0.15, 0.2) is 42.1 Å². The van der Waals surface area contributed by atoms with Gasteiger partial charge in [-0.3, -0.25) is 19.2 Å². The molecule has 3 saturated carbocycles. The summed E-state index contributed by atoms with van der Waals surface area (Å²) >= 11 is 0. The predicted molar refractivity (Wildman–Crippen MR) is 203 cm³/mol. The zero-order chi connectivity index (χ0) is 39.8. The minimum Gasteiger partial charge on any atom is -0.346 e. The van der Waals surface area contributed by atoms with Crippen molar-refractivity contribution in [3.05, 3.63) is 37.1 Å². The number of fused-ring (bicyclic) bond motifs is 1. The van der Waals surface area contributed by atoms with E-state index in [4.69, 9.17) is 0 Å². The third-order valence-electron chi connectivity index (χ3n) is 12.4. The van der Waals surface area contributed by atoms with Gasteiger partial charge in [0.25, 0.3) is 15.9 Å². The maximum absolute atomic E-state index is 14.9. The van der Waals surface area contributed by atoms with E-state index in [0.29, 0.717) is 32.2 Å². The number of piperidine rings is 1. The molecule has 4 N–H and O–H groups in total. The molecule has 1 aliphatic heterocycles. The topological polar surface area (TPSA) is 187 Å². The fourth-order valence-electron chi connectivity index (χ4n) is 8.50. The number of nitrogens with zero attached hydrogens (tertiary/aromatic N) is 3. The van der Waals surface area contributed by atoms with Crippen molar-refractivity contribution in [2.24, 2.45) is 34.0 Å². The summed E-state index contributed by atoms with van der Waals surface area (Å²) in [5.74, 6) is -2.58. The van der Waals surface area contributed by atoms with Gasteiger partial charge in [0, 0.05) is 38.9 Å². The summed E-state index contributed by atoms with van der Waals surface area (Å²) in [4.78, 5) is 74.6. The fourth-order valence-corrected chi connectivity index (χ4v) is 9.61. The molecule has 2 heterocycles. The Morgan fingerprint density at radius 1 is 1.04 bits per heavy atom. The van der Waals surface area contributed by atoms with E-state index in [1.807, 2.05) is 27.7 Å². The van der Waals surface area contributed by atoms with Gasteiger partial charge in [-0.25, -0.2) is 18.2 Å². The molecule has 4 fully saturated rings. The molecule has 1 saturated heterocycles. The van der Waals surface area contributed by atoms with Crippen LogP contribution in [0.2, 0.25) is 0 Å². The standard InChI is InChI=1S/C39H59N7O7S/c1-9-20-41-34(49)31(47)29(24-16-17-24)43-33(48)30-28-25(38(28,5)6)22-46(30)35(50)32(39(7)18-12-10-13-19-39)44-36(51)42-26(37(2,3)4)23-45(8)54(52,53)27-15-11-14-21-40-27/h9,11,14-15,21,24-26,28-30,32H,1,10,12-13,16-20,22-23H2,2-8H3,(H,41,49)(H,43,48)(H2,42,44,51)/t25-,26+,28-,29?,30-,32+/m0/s1. The molecule has 1 unspecified atom stereocenters. The second-order valence-electron chi connectivity index (χ2n) is 17.7. The Morgan fingerprint density at radius 3 is 2.28 bits per heavy atom. The van der Waals surface area contributed by atoms with Crippen LogP contribution in [-0.2, 0) is 29.2 Å². The molecule has 298 valence electrons. The largest absolute Gasteiger partial charge is 0.346 e. The van der Waals surface area contributed by atoms with Crippen LogP contribution in [-0.4, -0.2) is 103 Å². The minimum absolute atomic E-state index is 0.0506. The number of hydrogen-bond acceptors (Lipinski definition) is 8. The average molecular weight is 770 g/mol. The number of nitrogens with one attached hydrogen (secondary N) is 4. The van der Waals surface area contributed by atoms with Crippen molar-refractivity contribution in [1.29, 1.82) is 0 Å². The molecule has 5 rings (SSSR count). The number of carbonyl (C=O) groups is 5. The van der Waals surface area contributed by atoms with E-state index in [9.17, 15) is 32.4 Å². The van der Waals surface area contributed by atoms with E-state index in [1.54, 1.807) is 17.0 Å². The number of urea groups is 1. The molecule has 1 aromatic rings. The molecule has 0 radical (unpaired) electrons. The molecule has 6 atom stereocenters. The Bertz CT molecular complexity index is 1720. The molecule has 3 aliphatic carbocycles. The molecule has 4 aliphatic rings. The van der Waals surface area contributed by atoms with E-state index in [1.165, 1.54) is 29.7 Å². The molecular weight excluding hydrogens is 711 g/mol. The lowest BCUT2D eigenvalue weighted by Crippen LogP contribution is -2.63. The maximum Gasteiger partial charge on any atom is 0.315 e. The molecule has 54 heavy (non-hydrogen) atoms. The number of amides is 5. The first-order chi connectivity index (χ1) is 25.2. The highest BCUT2D eigenvalue weighted by Gasteiger charge is 2.70. The first-order valence-corrected chi connectivity index (χ1v) is 20.7. The van der Waals surface area contributed by atoms with Crippen molar-refractivity contribution in [1.82, 2.24) is 35.5 Å². The van der Waals surface area contributed by atoms with E-state index < -0.39 is 68.6 Å². The molecule has 0 aromatic carbocycles. The fraction of sp³-hybridized carbons (Fsp3) is 0.692. The summed E-state index contributed by atoms with van der Waals surface area (Å²) in [5.41, 5.74) is -1.40. The second kappa shape index (κ2) is 15.7. The highest BCUT2D eigenvalue weighted by Crippen LogP contribution is 2.65. The highest BCUT2D eigenvalue weighted by molar-refractivity contribution is 7.89. The summed E-state index contributed by atoms with van der Waals surface area (Å²) in [6.45, 7) is 15.8. The van der Waals surface area contributed by atoms with E-state index in [0.717, 1.165) is 19.3 Å². The zero-order valence-electron chi connectivity index (χ0n) is 32.8. The number of ketones is 1. The smallest absolute Gasteiger partial charge is 0.315 e. The first kappa shape index (κ1) is 41.3. The van der Waals surface area contributed by atoms with Crippen molar-refractivity contribution < 1.29 is 32.4 Å². The summed E-state index contributed by atoms with van der Waals surface area (Å²) in [5, 5.41) is 11.3. The second-order valence-corrected chi connectivity index (χ2v) is 19.7. The Morgan fingerprint density at radius 2 is 1.70 bits per heavy atom. The number of Topliss-reactive ketones (excluding diaryl/α,β-unsaturated/α-hetero) is 1. The minimum atomic E-state index is -3.95. The maximum atomic E-state index is 14.9. The van der Waals surface area contributed by atoms with E-state index in [-0.39, 0.29) is 47.2 Å². The molecule has 15 heteroatoms. The average Bonchev–Trinajstić information content (AvgIpc) is 4.00. The van der Waals surface area contributed by atoms with Crippen LogP contribution in [0.3, 0.4) is 0 Å². The third kappa shape index (κ3) is 8.66. The summed E-state index contributed by atoms with van der Waals surface area (Å²) in [6, 6.07) is 0.523. The van der Waals surface area contributed by atoms with Gasteiger partial charge >= 0.3 is 6.03 Å². The van der Waals surface area contributed by atoms with E-state index in [2.05, 4.69) is 46.7 Å². The van der Waals surface area contributed by atoms with Crippen LogP contribution < -0.4 is 21.3 Å². The van der Waals surface area contributed by atoms with E-state index >= 15 is 0 Å². The normalized spacial score (nSPS) is 24.7. The molecule has 14 nitrogen and oxygen atoms in total. The third-order valence-corrected chi connectivity index (χ3v) is 14.1. The molecule has 0 bridgehead atoms. The van der Waals surface area contributed by atoms with Crippen molar-refractivity contribution in [3.63, 3.8) is 0 Å². The summed E-state index contributed by atoms with van der Waals surface area (Å²) < 4.78 is 27.8. The van der Waals surface area contributed by atoms with Crippen LogP contribution in [0.25, 0.3) is 0 Å². The van der Waals surface area contributed by atoms with Gasteiger partial charge in [-0.2, -0.15) is 4.31 Å². The van der Waals surface area contributed by atoms with Crippen LogP contribution in [0.1, 0.15) is 86.5 Å². The number of likely N-dealkylation sites (N-methyl/N-ethyl adjacent to an activating group) is 1. The number of aromatic nitrogens is 1. The predicted octanol–water partition coefficient (Wildman–Crippen LogP) is 3.00. The van der Waals surface area contributed by atoms with Gasteiger partial charge in [0.1, 0.15) is 18.1 Å². The molecular formula is C39H59N7O7S. The number of rotatable bonds is 15. The molecule has 1 aromatic heterocycles. The van der Waals surface area contributed by atoms with Crippen LogP contribution in [0.4, 0.5) is 4.79 Å². The number of likely N-dealkylation sites (tertiary alicyclic amines) is 1. The van der Waals surface area contributed by atoms with Gasteiger partial charge in [0.15, 0.2) is 5.03 Å². The highest BCUT2D eigenvalue weighted by atomic mass is 32.2. The lowest BCUT2D eigenvalue weighted by atomic mass is 9.70. The van der Waals surface area contributed by atoms with Gasteiger partial charge in [0.2, 0.25) is 17.6 Å². The lowest BCUT2D eigenvalue weighted by molar-refractivity contribution is -0.146. The van der Waals surface area contributed by atoms with Gasteiger partial charge in [-0.05, 0) is 71.8 Å². The van der Waals surface area contributed by atoms with Crippen molar-refractivity contribution in [3.8, 4) is 0 Å². The SMILES string of the molecule is C=CCNC(=O)C(=O)C(NC(=O)[C@@H]1[C@@H]2[C@H](CN1C(=O)[C@@H](NC(=O)N[C@H](CN(C)S(=O)(=O)c1ccccn1)C(C)(C)C)C1(C)CCCCC1)C2(C)C)C1CC1. The van der Waals surface area contributed by atoms with Crippen molar-refractivity contribution in [2.75, 3.05) is 26.7 Å². The van der Waals surface area contributed by atoms with Gasteiger partial charge in [0.05, 0.1) is 0 Å². The van der Waals surface area contributed by atoms with Gasteiger partial charge in [-0.15, -0.1) is 6.58 Å². The number of pyridine rings is 1. The molecule has 0 spiro atoms. The number of carbonyl (C=O) groups excluding carboxylic acids is 5. The first-order valence-electron chi connectivity index (χ1n) is 19.2. The van der Waals surface area contributed by atoms with Gasteiger partial charge < -0.3 is 26.2 Å². The van der Waals surface area contributed by atoms with Crippen molar-refractivity contribution in [2.45, 2.75) is 116 Å². The van der Waals surface area contributed by atoms with Crippen molar-refractivity contribution >= 4 is 39.6 Å². The Balaban J connectivity index is 1.37. The zero-order valence-corrected chi connectivity index (χ0v) is 33.6. The Labute approximate surface area is 320 Å².